The van der Waals surface area contributed by atoms with Crippen LogP contribution in [0.5, 0.6) is 28.7 Å². The molecule has 3 heterocycles. The van der Waals surface area contributed by atoms with Crippen LogP contribution >= 0.6 is 12.4 Å². The van der Waals surface area contributed by atoms with Crippen LogP contribution in [0.25, 0.3) is 0 Å². The molecule has 38 heavy (non-hydrogen) atoms. The third-order valence-corrected chi connectivity index (χ3v) is 7.66. The van der Waals surface area contributed by atoms with E-state index in [1.807, 2.05) is 24.3 Å². The second-order valence-corrected chi connectivity index (χ2v) is 10.1. The molecule has 3 aliphatic heterocycles. The number of hydrogen-bond donors (Lipinski definition) is 0. The molecule has 8 nitrogen and oxygen atoms in total. The number of hydrogen-bond acceptors (Lipinski definition) is 7. The lowest BCUT2D eigenvalue weighted by molar-refractivity contribution is -0.130. The molecular weight excluding hydrogens is 508 g/mol. The molecule has 1 amide bonds. The van der Waals surface area contributed by atoms with Crippen molar-refractivity contribution in [2.75, 3.05) is 60.3 Å². The number of rotatable bonds is 10. The number of fused-ring (bicyclic) bond motifs is 2. The molecule has 9 heteroatoms. The van der Waals surface area contributed by atoms with Crippen LogP contribution in [0, 0.1) is 5.92 Å². The van der Waals surface area contributed by atoms with Gasteiger partial charge in [-0.05, 0) is 67.8 Å². The number of piperidine rings is 1. The second kappa shape index (κ2) is 13.3. The van der Waals surface area contributed by atoms with E-state index in [0.717, 1.165) is 86.3 Å². The normalized spacial score (nSPS) is 18.8. The summed E-state index contributed by atoms with van der Waals surface area (Å²) >= 11 is 0. The van der Waals surface area contributed by atoms with Gasteiger partial charge >= 0.3 is 0 Å². The minimum Gasteiger partial charge on any atom is -0.496 e. The summed E-state index contributed by atoms with van der Waals surface area (Å²) in [6.07, 6.45) is 5.79. The highest BCUT2D eigenvalue weighted by Gasteiger charge is 2.26. The third kappa shape index (κ3) is 6.97. The van der Waals surface area contributed by atoms with Crippen molar-refractivity contribution in [3.63, 3.8) is 0 Å². The van der Waals surface area contributed by atoms with Crippen molar-refractivity contribution in [1.29, 1.82) is 0 Å². The monoisotopic (exact) mass is 546 g/mol. The Hall–Kier alpha value is -2.84. The minimum absolute atomic E-state index is 0. The van der Waals surface area contributed by atoms with Crippen molar-refractivity contribution in [3.8, 4) is 28.7 Å². The molecule has 0 aromatic heterocycles. The SMILES string of the molecule is COc1cc(OC)cc(OCCCN2CCCC(CCN3CCc4cc5c(cc4CC3=O)OCO5)C2)c1.Cl. The zero-order valence-corrected chi connectivity index (χ0v) is 23.2. The number of likely N-dealkylation sites (tertiary alicyclic amines) is 1. The van der Waals surface area contributed by atoms with E-state index in [1.165, 1.54) is 18.4 Å². The van der Waals surface area contributed by atoms with Gasteiger partial charge in [0.2, 0.25) is 12.7 Å². The molecule has 0 saturated carbocycles. The first-order chi connectivity index (χ1) is 18.1. The lowest BCUT2D eigenvalue weighted by atomic mass is 9.94. The average Bonchev–Trinajstić information content (AvgIpc) is 3.31. The fourth-order valence-electron chi connectivity index (χ4n) is 5.59. The maximum absolute atomic E-state index is 13.0. The summed E-state index contributed by atoms with van der Waals surface area (Å²) in [6.45, 7) is 5.77. The Morgan fingerprint density at radius 1 is 0.921 bits per heavy atom. The quantitative estimate of drug-likeness (QED) is 0.410. The molecule has 0 bridgehead atoms. The summed E-state index contributed by atoms with van der Waals surface area (Å²) < 4.78 is 27.6. The summed E-state index contributed by atoms with van der Waals surface area (Å²) in [4.78, 5) is 17.6. The van der Waals surface area contributed by atoms with E-state index < -0.39 is 0 Å². The molecular formula is C29H39ClN2O6. The van der Waals surface area contributed by atoms with E-state index in [9.17, 15) is 4.79 Å². The first kappa shape index (κ1) is 28.2. The van der Waals surface area contributed by atoms with Gasteiger partial charge in [0, 0.05) is 44.4 Å². The lowest BCUT2D eigenvalue weighted by Gasteiger charge is -2.34. The van der Waals surface area contributed by atoms with Crippen molar-refractivity contribution in [2.24, 2.45) is 5.92 Å². The van der Waals surface area contributed by atoms with Crippen LogP contribution in [-0.2, 0) is 17.6 Å². The molecule has 0 N–H and O–H groups in total. The number of halogens is 1. The number of carbonyl (C=O) groups is 1. The Balaban J connectivity index is 0.00000336. The molecule has 0 aliphatic carbocycles. The Morgan fingerprint density at radius 2 is 1.63 bits per heavy atom. The van der Waals surface area contributed by atoms with Crippen LogP contribution in [0.2, 0.25) is 0 Å². The molecule has 208 valence electrons. The van der Waals surface area contributed by atoms with Crippen molar-refractivity contribution in [1.82, 2.24) is 9.80 Å². The fourth-order valence-corrected chi connectivity index (χ4v) is 5.59. The predicted molar refractivity (Wildman–Crippen MR) is 147 cm³/mol. The molecule has 2 aromatic carbocycles. The topological polar surface area (TPSA) is 69.7 Å². The summed E-state index contributed by atoms with van der Waals surface area (Å²) in [5, 5.41) is 0. The summed E-state index contributed by atoms with van der Waals surface area (Å²) in [5.74, 6) is 4.63. The Kier molecular flexibility index (Phi) is 9.86. The van der Waals surface area contributed by atoms with Gasteiger partial charge in [0.05, 0.1) is 27.2 Å². The zero-order chi connectivity index (χ0) is 25.6. The van der Waals surface area contributed by atoms with E-state index in [4.69, 9.17) is 23.7 Å². The highest BCUT2D eigenvalue weighted by atomic mass is 35.5. The summed E-state index contributed by atoms with van der Waals surface area (Å²) in [6, 6.07) is 9.66. The summed E-state index contributed by atoms with van der Waals surface area (Å²) in [7, 11) is 3.28. The van der Waals surface area contributed by atoms with E-state index in [0.29, 0.717) is 18.9 Å². The van der Waals surface area contributed by atoms with Gasteiger partial charge in [-0.3, -0.25) is 4.79 Å². The molecule has 0 spiro atoms. The van der Waals surface area contributed by atoms with Gasteiger partial charge in [0.1, 0.15) is 17.2 Å². The summed E-state index contributed by atoms with van der Waals surface area (Å²) in [5.41, 5.74) is 2.29. The predicted octanol–water partition coefficient (Wildman–Crippen LogP) is 4.35. The minimum atomic E-state index is 0. The molecule has 5 rings (SSSR count). The van der Waals surface area contributed by atoms with Gasteiger partial charge in [-0.1, -0.05) is 0 Å². The van der Waals surface area contributed by atoms with E-state index >= 15 is 0 Å². The fraction of sp³-hybridized carbons (Fsp3) is 0.552. The highest BCUT2D eigenvalue weighted by Crippen LogP contribution is 2.36. The van der Waals surface area contributed by atoms with Gasteiger partial charge in [-0.2, -0.15) is 0 Å². The van der Waals surface area contributed by atoms with Gasteiger partial charge in [-0.15, -0.1) is 12.4 Å². The van der Waals surface area contributed by atoms with Crippen LogP contribution < -0.4 is 23.7 Å². The number of amides is 1. The number of ether oxygens (including phenoxy) is 5. The molecule has 0 radical (unpaired) electrons. The largest absolute Gasteiger partial charge is 0.496 e. The van der Waals surface area contributed by atoms with Crippen LogP contribution in [0.3, 0.4) is 0 Å². The molecule has 1 atom stereocenters. The van der Waals surface area contributed by atoms with Gasteiger partial charge in [-0.25, -0.2) is 0 Å². The second-order valence-electron chi connectivity index (χ2n) is 10.1. The zero-order valence-electron chi connectivity index (χ0n) is 22.4. The Morgan fingerprint density at radius 3 is 2.37 bits per heavy atom. The highest BCUT2D eigenvalue weighted by molar-refractivity contribution is 5.85. The number of benzene rings is 2. The third-order valence-electron chi connectivity index (χ3n) is 7.66. The molecule has 1 fully saturated rings. The first-order valence-corrected chi connectivity index (χ1v) is 13.4. The van der Waals surface area contributed by atoms with Crippen LogP contribution in [0.4, 0.5) is 0 Å². The maximum Gasteiger partial charge on any atom is 0.231 e. The smallest absolute Gasteiger partial charge is 0.231 e. The van der Waals surface area contributed by atoms with Gasteiger partial charge < -0.3 is 33.5 Å². The van der Waals surface area contributed by atoms with Crippen molar-refractivity contribution in [2.45, 2.75) is 38.5 Å². The van der Waals surface area contributed by atoms with Gasteiger partial charge in [0.25, 0.3) is 0 Å². The number of nitrogens with zero attached hydrogens (tertiary/aromatic N) is 2. The van der Waals surface area contributed by atoms with Crippen molar-refractivity contribution >= 4 is 18.3 Å². The molecule has 1 unspecified atom stereocenters. The van der Waals surface area contributed by atoms with E-state index in [1.54, 1.807) is 14.2 Å². The average molecular weight is 547 g/mol. The Labute approximate surface area is 231 Å². The lowest BCUT2D eigenvalue weighted by Crippen LogP contribution is -2.39. The van der Waals surface area contributed by atoms with Crippen molar-refractivity contribution < 1.29 is 28.5 Å². The van der Waals surface area contributed by atoms with E-state index in [-0.39, 0.29) is 25.1 Å². The standard InChI is InChI=1S/C29H38N2O6.ClH/c1-33-24-16-25(34-2)18-26(17-24)35-12-4-9-30-8-3-5-21(19-30)6-10-31-11-7-22-13-27-28(37-20-36-27)14-23(22)15-29(31)32;/h13-14,16-18,21H,3-12,15,19-20H2,1-2H3;1H. The van der Waals surface area contributed by atoms with Gasteiger partial charge in [0.15, 0.2) is 11.5 Å². The maximum atomic E-state index is 13.0. The number of methoxy groups -OCH3 is 2. The molecule has 3 aliphatic rings. The van der Waals surface area contributed by atoms with Crippen LogP contribution in [-0.4, -0.2) is 76.1 Å². The number of carbonyl (C=O) groups excluding carboxylic acids is 1. The Bertz CT molecular complexity index is 1070. The van der Waals surface area contributed by atoms with Crippen LogP contribution in [0.1, 0.15) is 36.8 Å². The van der Waals surface area contributed by atoms with Crippen molar-refractivity contribution in [3.05, 3.63) is 41.5 Å². The van der Waals surface area contributed by atoms with E-state index in [2.05, 4.69) is 15.9 Å². The first-order valence-electron chi connectivity index (χ1n) is 13.4. The van der Waals surface area contributed by atoms with Crippen LogP contribution in [0.15, 0.2) is 30.3 Å². The molecule has 1 saturated heterocycles. The molecule has 2 aromatic rings.